The predicted octanol–water partition coefficient (Wildman–Crippen LogP) is 3.48. The van der Waals surface area contributed by atoms with Crippen molar-refractivity contribution in [2.24, 2.45) is 0 Å². The summed E-state index contributed by atoms with van der Waals surface area (Å²) in [7, 11) is 0. The third kappa shape index (κ3) is 6.05. The molecule has 0 saturated heterocycles. The highest BCUT2D eigenvalue weighted by atomic mass is 19.4. The van der Waals surface area contributed by atoms with Crippen LogP contribution in [0, 0.1) is 0 Å². The van der Waals surface area contributed by atoms with Gasteiger partial charge >= 0.3 is 6.18 Å². The normalized spacial score (nSPS) is 14.5. The van der Waals surface area contributed by atoms with Gasteiger partial charge in [0.15, 0.2) is 0 Å². The van der Waals surface area contributed by atoms with Gasteiger partial charge in [0.05, 0.1) is 11.7 Å². The lowest BCUT2D eigenvalue weighted by atomic mass is 9.96. The molecule has 2 unspecified atom stereocenters. The van der Waals surface area contributed by atoms with Gasteiger partial charge in [0, 0.05) is 13.0 Å². The first kappa shape index (κ1) is 18.5. The van der Waals surface area contributed by atoms with Crippen LogP contribution in [0.5, 0.6) is 0 Å². The summed E-state index contributed by atoms with van der Waals surface area (Å²) in [5, 5.41) is 12.1. The highest BCUT2D eigenvalue weighted by molar-refractivity contribution is 5.76. The molecule has 124 valence electrons. The minimum atomic E-state index is -4.35. The number of halogens is 3. The average Bonchev–Trinajstić information content (AvgIpc) is 2.46. The summed E-state index contributed by atoms with van der Waals surface area (Å²) in [6, 6.07) is 4.87. The molecule has 1 amide bonds. The second kappa shape index (κ2) is 8.17. The van der Waals surface area contributed by atoms with Crippen molar-refractivity contribution in [2.75, 3.05) is 6.54 Å². The molecule has 0 fully saturated rings. The maximum Gasteiger partial charge on any atom is 0.416 e. The molecule has 0 aliphatic rings. The summed E-state index contributed by atoms with van der Waals surface area (Å²) >= 11 is 0. The monoisotopic (exact) mass is 317 g/mol. The molecule has 3 nitrogen and oxygen atoms in total. The van der Waals surface area contributed by atoms with E-state index >= 15 is 0 Å². The molecule has 0 spiro atoms. The quantitative estimate of drug-likeness (QED) is 0.809. The molecule has 2 N–H and O–H groups in total. The van der Waals surface area contributed by atoms with Crippen molar-refractivity contribution in [3.8, 4) is 0 Å². The van der Waals surface area contributed by atoms with Gasteiger partial charge in [-0.1, -0.05) is 26.0 Å². The highest BCUT2D eigenvalue weighted by Gasteiger charge is 2.30. The maximum atomic E-state index is 12.5. The molecular formula is C16H22F3NO2. The zero-order valence-corrected chi connectivity index (χ0v) is 12.8. The number of hydrogen-bond donors (Lipinski definition) is 2. The van der Waals surface area contributed by atoms with Crippen molar-refractivity contribution >= 4 is 5.91 Å². The number of hydrogen-bond acceptors (Lipinski definition) is 2. The van der Waals surface area contributed by atoms with E-state index in [0.29, 0.717) is 24.9 Å². The van der Waals surface area contributed by atoms with E-state index < -0.39 is 17.8 Å². The topological polar surface area (TPSA) is 49.3 Å². The Hall–Kier alpha value is -1.56. The summed E-state index contributed by atoms with van der Waals surface area (Å²) in [5.41, 5.74) is -0.00167. The molecule has 1 aromatic rings. The number of amides is 1. The summed E-state index contributed by atoms with van der Waals surface area (Å²) in [6.07, 6.45) is -3.44. The molecule has 1 rings (SSSR count). The molecule has 1 aromatic carbocycles. The molecule has 0 aliphatic carbocycles. The SMILES string of the molecule is CCC(O)CCNC(=O)CC(C)c1ccc(C(F)(F)F)cc1. The number of carbonyl (C=O) groups excluding carboxylic acids is 1. The number of rotatable bonds is 7. The van der Waals surface area contributed by atoms with E-state index in [-0.39, 0.29) is 18.2 Å². The number of aliphatic hydroxyl groups excluding tert-OH is 1. The van der Waals surface area contributed by atoms with Crippen LogP contribution in [-0.2, 0) is 11.0 Å². The summed E-state index contributed by atoms with van der Waals surface area (Å²) in [6.45, 7) is 4.05. The summed E-state index contributed by atoms with van der Waals surface area (Å²) in [5.74, 6) is -0.339. The Morgan fingerprint density at radius 1 is 1.27 bits per heavy atom. The Balaban J connectivity index is 2.47. The second-order valence-corrected chi connectivity index (χ2v) is 5.43. The number of nitrogens with one attached hydrogen (secondary N) is 1. The number of aliphatic hydroxyl groups is 1. The van der Waals surface area contributed by atoms with Crippen LogP contribution in [0.15, 0.2) is 24.3 Å². The van der Waals surface area contributed by atoms with Crippen LogP contribution in [0.25, 0.3) is 0 Å². The van der Waals surface area contributed by atoms with E-state index in [1.165, 1.54) is 12.1 Å². The van der Waals surface area contributed by atoms with Crippen LogP contribution in [0.2, 0.25) is 0 Å². The number of carbonyl (C=O) groups is 1. The molecule has 22 heavy (non-hydrogen) atoms. The highest BCUT2D eigenvalue weighted by Crippen LogP contribution is 2.30. The lowest BCUT2D eigenvalue weighted by Crippen LogP contribution is -2.27. The molecule has 0 aliphatic heterocycles. The molecule has 2 atom stereocenters. The second-order valence-electron chi connectivity index (χ2n) is 5.43. The van der Waals surface area contributed by atoms with Gasteiger partial charge in [-0.15, -0.1) is 0 Å². The van der Waals surface area contributed by atoms with Crippen LogP contribution in [0.1, 0.15) is 50.2 Å². The van der Waals surface area contributed by atoms with Crippen LogP contribution in [0.3, 0.4) is 0 Å². The Labute approximate surface area is 128 Å². The third-order valence-electron chi connectivity index (χ3n) is 3.57. The van der Waals surface area contributed by atoms with Gasteiger partial charge in [-0.3, -0.25) is 4.79 Å². The van der Waals surface area contributed by atoms with Gasteiger partial charge in [0.25, 0.3) is 0 Å². The number of alkyl halides is 3. The van der Waals surface area contributed by atoms with Gasteiger partial charge in [-0.2, -0.15) is 13.2 Å². The van der Waals surface area contributed by atoms with Crippen molar-refractivity contribution in [3.05, 3.63) is 35.4 Å². The first-order valence-corrected chi connectivity index (χ1v) is 7.36. The molecule has 0 bridgehead atoms. The molecule has 6 heteroatoms. The first-order chi connectivity index (χ1) is 10.2. The van der Waals surface area contributed by atoms with Gasteiger partial charge in [-0.25, -0.2) is 0 Å². The van der Waals surface area contributed by atoms with Crippen LogP contribution in [0.4, 0.5) is 13.2 Å². The van der Waals surface area contributed by atoms with Crippen LogP contribution < -0.4 is 5.32 Å². The zero-order chi connectivity index (χ0) is 16.8. The van der Waals surface area contributed by atoms with Gasteiger partial charge in [0.1, 0.15) is 0 Å². The standard InChI is InChI=1S/C16H22F3NO2/c1-3-14(21)8-9-20-15(22)10-11(2)12-4-6-13(7-5-12)16(17,18)19/h4-7,11,14,21H,3,8-10H2,1-2H3,(H,20,22). The van der Waals surface area contributed by atoms with Gasteiger partial charge in [0.2, 0.25) is 5.91 Å². The van der Waals surface area contributed by atoms with Crippen molar-refractivity contribution < 1.29 is 23.1 Å². The van der Waals surface area contributed by atoms with E-state index in [1.54, 1.807) is 6.92 Å². The maximum absolute atomic E-state index is 12.5. The van der Waals surface area contributed by atoms with Gasteiger partial charge in [-0.05, 0) is 36.5 Å². The van der Waals surface area contributed by atoms with Crippen LogP contribution >= 0.6 is 0 Å². The Morgan fingerprint density at radius 2 is 1.86 bits per heavy atom. The summed E-state index contributed by atoms with van der Waals surface area (Å²) in [4.78, 5) is 11.8. The lowest BCUT2D eigenvalue weighted by molar-refractivity contribution is -0.137. The van der Waals surface area contributed by atoms with Crippen molar-refractivity contribution in [3.63, 3.8) is 0 Å². The Morgan fingerprint density at radius 3 is 2.36 bits per heavy atom. The van der Waals surface area contributed by atoms with E-state index in [2.05, 4.69) is 5.32 Å². The third-order valence-corrected chi connectivity index (χ3v) is 3.57. The van der Waals surface area contributed by atoms with Crippen molar-refractivity contribution in [2.45, 2.75) is 51.3 Å². The van der Waals surface area contributed by atoms with E-state index in [4.69, 9.17) is 0 Å². The lowest BCUT2D eigenvalue weighted by Gasteiger charge is -2.14. The minimum Gasteiger partial charge on any atom is -0.393 e. The molecule has 0 aromatic heterocycles. The zero-order valence-electron chi connectivity index (χ0n) is 12.8. The van der Waals surface area contributed by atoms with Crippen molar-refractivity contribution in [1.29, 1.82) is 0 Å². The van der Waals surface area contributed by atoms with Crippen LogP contribution in [-0.4, -0.2) is 23.7 Å². The molecular weight excluding hydrogens is 295 g/mol. The number of benzene rings is 1. The fourth-order valence-electron chi connectivity index (χ4n) is 2.05. The predicted molar refractivity (Wildman–Crippen MR) is 78.4 cm³/mol. The van der Waals surface area contributed by atoms with Gasteiger partial charge < -0.3 is 10.4 Å². The largest absolute Gasteiger partial charge is 0.416 e. The first-order valence-electron chi connectivity index (χ1n) is 7.36. The Kier molecular flexibility index (Phi) is 6.87. The van der Waals surface area contributed by atoms with E-state index in [0.717, 1.165) is 12.1 Å². The fraction of sp³-hybridized carbons (Fsp3) is 0.562. The molecule has 0 heterocycles. The van der Waals surface area contributed by atoms with E-state index in [9.17, 15) is 23.1 Å². The summed E-state index contributed by atoms with van der Waals surface area (Å²) < 4.78 is 37.4. The average molecular weight is 317 g/mol. The van der Waals surface area contributed by atoms with Crippen molar-refractivity contribution in [1.82, 2.24) is 5.32 Å². The minimum absolute atomic E-state index is 0.168. The molecule has 0 saturated carbocycles. The van der Waals surface area contributed by atoms with E-state index in [1.807, 2.05) is 6.92 Å². The Bertz CT molecular complexity index is 471. The fourth-order valence-corrected chi connectivity index (χ4v) is 2.05. The smallest absolute Gasteiger partial charge is 0.393 e. The molecule has 0 radical (unpaired) electrons.